The van der Waals surface area contributed by atoms with Crippen molar-refractivity contribution in [2.24, 2.45) is 0 Å². The van der Waals surface area contributed by atoms with Crippen LogP contribution in [0.5, 0.6) is 11.5 Å². The van der Waals surface area contributed by atoms with Crippen molar-refractivity contribution in [1.29, 1.82) is 0 Å². The number of nitrogens with zero attached hydrogens (tertiary/aromatic N) is 1. The Kier molecular flexibility index (Phi) is 6.43. The number of hydrogen-bond acceptors (Lipinski definition) is 7. The fraction of sp³-hybridized carbons (Fsp3) is 0.400. The lowest BCUT2D eigenvalue weighted by atomic mass is 9.96. The van der Waals surface area contributed by atoms with E-state index in [9.17, 15) is 18.3 Å². The first-order valence-corrected chi connectivity index (χ1v) is 13.6. The number of ether oxygens (including phenoxy) is 2. The van der Waals surface area contributed by atoms with Gasteiger partial charge < -0.3 is 24.9 Å². The van der Waals surface area contributed by atoms with Crippen molar-refractivity contribution in [2.45, 2.75) is 31.8 Å². The summed E-state index contributed by atoms with van der Waals surface area (Å²) >= 11 is 0. The van der Waals surface area contributed by atoms with Crippen LogP contribution in [0.15, 0.2) is 36.4 Å². The van der Waals surface area contributed by atoms with Crippen LogP contribution in [0.4, 0.5) is 5.69 Å². The zero-order valence-electron chi connectivity index (χ0n) is 19.5. The number of hydrogen-bond donors (Lipinski definition) is 3. The van der Waals surface area contributed by atoms with Crippen molar-refractivity contribution in [1.82, 2.24) is 10.3 Å². The van der Waals surface area contributed by atoms with Gasteiger partial charge >= 0.3 is 0 Å². The van der Waals surface area contributed by atoms with Crippen molar-refractivity contribution < 1.29 is 27.8 Å². The maximum Gasteiger partial charge on any atom is 0.278 e. The lowest BCUT2D eigenvalue weighted by Gasteiger charge is -2.28. The van der Waals surface area contributed by atoms with Crippen LogP contribution in [0.25, 0.3) is 10.9 Å². The van der Waals surface area contributed by atoms with Crippen LogP contribution in [0.3, 0.4) is 0 Å². The quantitative estimate of drug-likeness (QED) is 0.407. The molecule has 1 aliphatic carbocycles. The van der Waals surface area contributed by atoms with E-state index in [4.69, 9.17) is 9.47 Å². The number of carbonyl (C=O) groups excluding carboxylic acids is 1. The average Bonchev–Trinajstić information content (AvgIpc) is 3.20. The Morgan fingerprint density at radius 1 is 1.20 bits per heavy atom. The van der Waals surface area contributed by atoms with Gasteiger partial charge in [-0.15, -0.1) is 0 Å². The number of aliphatic hydroxyl groups is 1. The molecule has 35 heavy (non-hydrogen) atoms. The number of H-pyrrole nitrogens is 1. The standard InChI is InChI=1S/C25H29N3O6S/c1-35(31,32)28-22-12-16(6-9-24(22)34-15-25(28)30)23(29)14-26-10-11-33-17-7-8-19-18-4-2-3-5-20(18)27-21(19)13-17/h6-9,12-13,23,26-27,29H,2-5,10-11,14-15H2,1H3/t23-/m0/s1. The smallest absolute Gasteiger partial charge is 0.278 e. The van der Waals surface area contributed by atoms with Gasteiger partial charge in [0.2, 0.25) is 10.0 Å². The summed E-state index contributed by atoms with van der Waals surface area (Å²) in [6.45, 7) is 0.826. The van der Waals surface area contributed by atoms with Gasteiger partial charge in [0.1, 0.15) is 23.8 Å². The van der Waals surface area contributed by atoms with E-state index < -0.39 is 22.0 Å². The van der Waals surface area contributed by atoms with Crippen molar-refractivity contribution in [2.75, 3.05) is 36.9 Å². The predicted octanol–water partition coefficient (Wildman–Crippen LogP) is 2.43. The predicted molar refractivity (Wildman–Crippen MR) is 133 cm³/mol. The van der Waals surface area contributed by atoms with Crippen molar-refractivity contribution in [3.05, 3.63) is 53.2 Å². The van der Waals surface area contributed by atoms with Gasteiger partial charge in [0.05, 0.1) is 12.4 Å². The number of fused-ring (bicyclic) bond motifs is 4. The number of carbonyl (C=O) groups is 1. The van der Waals surface area contributed by atoms with E-state index in [0.717, 1.165) is 34.7 Å². The van der Waals surface area contributed by atoms with E-state index in [1.54, 1.807) is 12.1 Å². The summed E-state index contributed by atoms with van der Waals surface area (Å²) in [4.78, 5) is 15.6. The van der Waals surface area contributed by atoms with E-state index in [0.29, 0.717) is 18.7 Å². The maximum atomic E-state index is 12.1. The summed E-state index contributed by atoms with van der Waals surface area (Å²) in [6.07, 6.45) is 4.76. The van der Waals surface area contributed by atoms with E-state index in [-0.39, 0.29) is 24.6 Å². The monoisotopic (exact) mass is 499 g/mol. The number of benzene rings is 2. The van der Waals surface area contributed by atoms with Gasteiger partial charge in [-0.3, -0.25) is 4.79 Å². The number of aromatic nitrogens is 1. The number of amides is 1. The molecule has 2 aliphatic rings. The Labute approximate surface area is 204 Å². The third kappa shape index (κ3) is 4.86. The largest absolute Gasteiger partial charge is 0.492 e. The minimum atomic E-state index is -3.81. The number of anilines is 1. The molecule has 5 rings (SSSR count). The molecule has 0 spiro atoms. The summed E-state index contributed by atoms with van der Waals surface area (Å²) in [6, 6.07) is 10.8. The van der Waals surface area contributed by atoms with Crippen LogP contribution in [0.1, 0.15) is 35.8 Å². The lowest BCUT2D eigenvalue weighted by Crippen LogP contribution is -2.42. The first kappa shape index (κ1) is 23.7. The zero-order chi connectivity index (χ0) is 24.6. The van der Waals surface area contributed by atoms with Gasteiger partial charge in [0, 0.05) is 35.8 Å². The zero-order valence-corrected chi connectivity index (χ0v) is 20.4. The fourth-order valence-corrected chi connectivity index (χ4v) is 5.72. The molecule has 1 atom stereocenters. The second-order valence-corrected chi connectivity index (χ2v) is 10.8. The molecule has 1 amide bonds. The number of sulfonamides is 1. The molecule has 2 heterocycles. The molecule has 0 unspecified atom stereocenters. The maximum absolute atomic E-state index is 12.1. The second-order valence-electron chi connectivity index (χ2n) is 9.00. The Balaban J connectivity index is 1.16. The molecular formula is C25H29N3O6S. The SMILES string of the molecule is CS(=O)(=O)N1C(=O)COc2ccc([C@@H](O)CNCCOc3ccc4c5c([nH]c4c3)CCCC5)cc21. The molecule has 186 valence electrons. The molecule has 0 saturated carbocycles. The Morgan fingerprint density at radius 2 is 2.03 bits per heavy atom. The van der Waals surface area contributed by atoms with Crippen molar-refractivity contribution in [3.63, 3.8) is 0 Å². The number of aliphatic hydroxyl groups excluding tert-OH is 1. The average molecular weight is 500 g/mol. The molecule has 0 radical (unpaired) electrons. The summed E-state index contributed by atoms with van der Waals surface area (Å²) < 4.78 is 36.1. The number of nitrogens with one attached hydrogen (secondary N) is 2. The molecule has 2 aromatic carbocycles. The number of aromatic amines is 1. The second kappa shape index (κ2) is 9.52. The van der Waals surface area contributed by atoms with Crippen LogP contribution in [0.2, 0.25) is 0 Å². The molecule has 1 aliphatic heterocycles. The van der Waals surface area contributed by atoms with Crippen molar-refractivity contribution >= 4 is 32.5 Å². The molecule has 3 aromatic rings. The summed E-state index contributed by atoms with van der Waals surface area (Å²) in [5, 5.41) is 15.0. The van der Waals surface area contributed by atoms with Gasteiger partial charge in [0.15, 0.2) is 6.61 Å². The van der Waals surface area contributed by atoms with E-state index >= 15 is 0 Å². The Morgan fingerprint density at radius 3 is 2.86 bits per heavy atom. The molecule has 3 N–H and O–H groups in total. The molecule has 0 bridgehead atoms. The summed E-state index contributed by atoms with van der Waals surface area (Å²) in [5.41, 5.74) is 4.48. The highest BCUT2D eigenvalue weighted by atomic mass is 32.2. The fourth-order valence-electron chi connectivity index (χ4n) is 4.80. The Hall–Kier alpha value is -3.08. The molecule has 9 nitrogen and oxygen atoms in total. The van der Waals surface area contributed by atoms with Crippen LogP contribution in [-0.4, -0.2) is 57.0 Å². The molecule has 0 saturated heterocycles. The minimum absolute atomic E-state index is 0.116. The highest BCUT2D eigenvalue weighted by molar-refractivity contribution is 7.92. The normalized spacial score (nSPS) is 16.5. The molecular weight excluding hydrogens is 470 g/mol. The van der Waals surface area contributed by atoms with Gasteiger partial charge in [0.25, 0.3) is 5.91 Å². The van der Waals surface area contributed by atoms with Crippen molar-refractivity contribution in [3.8, 4) is 11.5 Å². The number of rotatable bonds is 8. The van der Waals surface area contributed by atoms with E-state index in [2.05, 4.69) is 16.4 Å². The summed E-state index contributed by atoms with van der Waals surface area (Å²) in [5.74, 6) is 0.408. The van der Waals surface area contributed by atoms with Crippen LogP contribution >= 0.6 is 0 Å². The highest BCUT2D eigenvalue weighted by Crippen LogP contribution is 2.36. The first-order chi connectivity index (χ1) is 16.8. The third-order valence-corrected chi connectivity index (χ3v) is 7.51. The molecule has 0 fully saturated rings. The molecule has 10 heteroatoms. The number of aryl methyl sites for hydroxylation is 2. The van der Waals surface area contributed by atoms with Gasteiger partial charge in [-0.05, 0) is 61.1 Å². The van der Waals surface area contributed by atoms with Crippen LogP contribution in [0, 0.1) is 0 Å². The topological polar surface area (TPSA) is 121 Å². The summed E-state index contributed by atoms with van der Waals surface area (Å²) in [7, 11) is -3.81. The third-order valence-electron chi connectivity index (χ3n) is 6.45. The van der Waals surface area contributed by atoms with Gasteiger partial charge in [-0.1, -0.05) is 6.07 Å². The van der Waals surface area contributed by atoms with E-state index in [1.165, 1.54) is 35.6 Å². The van der Waals surface area contributed by atoms with Gasteiger partial charge in [-0.2, -0.15) is 0 Å². The van der Waals surface area contributed by atoms with Crippen LogP contribution in [-0.2, 0) is 27.7 Å². The van der Waals surface area contributed by atoms with E-state index in [1.807, 2.05) is 12.1 Å². The van der Waals surface area contributed by atoms with Crippen LogP contribution < -0.4 is 19.1 Å². The first-order valence-electron chi connectivity index (χ1n) is 11.8. The minimum Gasteiger partial charge on any atom is -0.492 e. The lowest BCUT2D eigenvalue weighted by molar-refractivity contribution is -0.120. The molecule has 1 aromatic heterocycles. The van der Waals surface area contributed by atoms with Gasteiger partial charge in [-0.25, -0.2) is 12.7 Å². The highest BCUT2D eigenvalue weighted by Gasteiger charge is 2.33. The Bertz CT molecular complexity index is 1370.